The van der Waals surface area contributed by atoms with Crippen LogP contribution in [0.2, 0.25) is 0 Å². The molecule has 8 heteroatoms. The van der Waals surface area contributed by atoms with Crippen LogP contribution in [0.3, 0.4) is 0 Å². The second-order valence-electron chi connectivity index (χ2n) is 11.1. The minimum Gasteiger partial charge on any atom is -0.489 e. The predicted octanol–water partition coefficient (Wildman–Crippen LogP) is 4.81. The highest BCUT2D eigenvalue weighted by atomic mass is 16.5. The van der Waals surface area contributed by atoms with Gasteiger partial charge in [0.1, 0.15) is 18.4 Å². The summed E-state index contributed by atoms with van der Waals surface area (Å²) in [5.41, 5.74) is 3.63. The molecular formula is C34H34N4O4. The van der Waals surface area contributed by atoms with Crippen molar-refractivity contribution in [3.63, 3.8) is 0 Å². The second kappa shape index (κ2) is 12.3. The van der Waals surface area contributed by atoms with Gasteiger partial charge in [0, 0.05) is 49.4 Å². The van der Waals surface area contributed by atoms with Gasteiger partial charge in [-0.15, -0.1) is 0 Å². The number of benzene rings is 3. The summed E-state index contributed by atoms with van der Waals surface area (Å²) in [7, 11) is 0. The highest BCUT2D eigenvalue weighted by Crippen LogP contribution is 2.35. The van der Waals surface area contributed by atoms with Gasteiger partial charge in [0.25, 0.3) is 5.56 Å². The molecule has 42 heavy (non-hydrogen) atoms. The number of carbonyl (C=O) groups excluding carboxylic acids is 2. The van der Waals surface area contributed by atoms with E-state index < -0.39 is 6.04 Å². The fraction of sp³-hybridized carbons (Fsp3) is 0.265. The van der Waals surface area contributed by atoms with E-state index in [9.17, 15) is 14.4 Å². The Hall–Kier alpha value is -4.85. The number of piperidine rings is 1. The standard InChI is InChI=1S/C34H34N4O4/c39-32-13-7-12-31-27-18-26(21-38(31)32)20-37(22-27)34(41)36-30(19-24-8-3-1-4-9-24)33(40)35-28-14-16-29(17-15-28)42-23-25-10-5-2-6-11-25/h1-17,26-27,30H,18-23H2,(H,35,40)(H,36,41)/t26-,27+,30-/m0/s1. The van der Waals surface area contributed by atoms with E-state index >= 15 is 0 Å². The third-order valence-electron chi connectivity index (χ3n) is 8.03. The van der Waals surface area contributed by atoms with Gasteiger partial charge in [0.05, 0.1) is 0 Å². The lowest BCUT2D eigenvalue weighted by molar-refractivity contribution is -0.118. The molecule has 0 saturated carbocycles. The Morgan fingerprint density at radius 1 is 0.810 bits per heavy atom. The van der Waals surface area contributed by atoms with Crippen LogP contribution in [0.25, 0.3) is 0 Å². The van der Waals surface area contributed by atoms with Crippen molar-refractivity contribution < 1.29 is 14.3 Å². The van der Waals surface area contributed by atoms with E-state index in [1.165, 1.54) is 0 Å². The first-order valence-electron chi connectivity index (χ1n) is 14.4. The molecule has 3 aromatic carbocycles. The van der Waals surface area contributed by atoms with Crippen LogP contribution in [-0.4, -0.2) is 40.5 Å². The molecule has 3 amide bonds. The van der Waals surface area contributed by atoms with E-state index in [2.05, 4.69) is 10.6 Å². The van der Waals surface area contributed by atoms with Crippen molar-refractivity contribution in [2.24, 2.45) is 5.92 Å². The first-order chi connectivity index (χ1) is 20.5. The quantitative estimate of drug-likeness (QED) is 0.323. The topological polar surface area (TPSA) is 92.7 Å². The van der Waals surface area contributed by atoms with Gasteiger partial charge in [-0.3, -0.25) is 9.59 Å². The fourth-order valence-corrected chi connectivity index (χ4v) is 5.97. The molecular weight excluding hydrogens is 528 g/mol. The number of amides is 3. The zero-order valence-corrected chi connectivity index (χ0v) is 23.3. The largest absolute Gasteiger partial charge is 0.489 e. The van der Waals surface area contributed by atoms with Crippen molar-refractivity contribution >= 4 is 17.6 Å². The van der Waals surface area contributed by atoms with Gasteiger partial charge in [-0.25, -0.2) is 4.79 Å². The molecule has 4 aromatic rings. The molecule has 0 aliphatic carbocycles. The maximum Gasteiger partial charge on any atom is 0.318 e. The molecule has 2 aliphatic heterocycles. The number of ether oxygens (including phenoxy) is 1. The van der Waals surface area contributed by atoms with E-state index in [1.54, 1.807) is 29.2 Å². The monoisotopic (exact) mass is 562 g/mol. The zero-order chi connectivity index (χ0) is 28.9. The summed E-state index contributed by atoms with van der Waals surface area (Å²) in [6.45, 7) is 2.12. The molecule has 1 saturated heterocycles. The third kappa shape index (κ3) is 6.38. The van der Waals surface area contributed by atoms with Crippen LogP contribution in [-0.2, 0) is 24.4 Å². The minimum atomic E-state index is -0.773. The molecule has 3 atom stereocenters. The molecule has 2 aliphatic rings. The number of likely N-dealkylation sites (tertiary alicyclic amines) is 1. The van der Waals surface area contributed by atoms with E-state index in [0.29, 0.717) is 44.1 Å². The van der Waals surface area contributed by atoms with Crippen LogP contribution in [0.4, 0.5) is 10.5 Å². The van der Waals surface area contributed by atoms with Gasteiger partial charge in [-0.1, -0.05) is 66.7 Å². The Labute approximate surface area is 244 Å². The van der Waals surface area contributed by atoms with E-state index in [4.69, 9.17) is 4.74 Å². The Morgan fingerprint density at radius 3 is 2.26 bits per heavy atom. The van der Waals surface area contributed by atoms with Crippen LogP contribution < -0.4 is 20.9 Å². The number of nitrogens with zero attached hydrogens (tertiary/aromatic N) is 2. The van der Waals surface area contributed by atoms with Crippen LogP contribution in [0.15, 0.2) is 108 Å². The summed E-state index contributed by atoms with van der Waals surface area (Å²) >= 11 is 0. The Morgan fingerprint density at radius 2 is 1.52 bits per heavy atom. The van der Waals surface area contributed by atoms with E-state index in [1.807, 2.05) is 83.4 Å². The van der Waals surface area contributed by atoms with Crippen molar-refractivity contribution in [1.29, 1.82) is 0 Å². The summed E-state index contributed by atoms with van der Waals surface area (Å²) in [6, 6.07) is 31.1. The molecule has 1 fully saturated rings. The molecule has 2 bridgehead atoms. The zero-order valence-electron chi connectivity index (χ0n) is 23.3. The Balaban J connectivity index is 1.12. The molecule has 0 radical (unpaired) electrons. The molecule has 0 spiro atoms. The lowest BCUT2D eigenvalue weighted by Crippen LogP contribution is -2.55. The average molecular weight is 563 g/mol. The van der Waals surface area contributed by atoms with Crippen LogP contribution >= 0.6 is 0 Å². The highest BCUT2D eigenvalue weighted by molar-refractivity contribution is 5.97. The highest BCUT2D eigenvalue weighted by Gasteiger charge is 2.37. The number of aromatic nitrogens is 1. The molecule has 6 rings (SSSR count). The number of urea groups is 1. The predicted molar refractivity (Wildman–Crippen MR) is 161 cm³/mol. The Bertz CT molecular complexity index is 1590. The normalized spacial score (nSPS) is 18.0. The van der Waals surface area contributed by atoms with Gasteiger partial charge in [0.15, 0.2) is 0 Å². The van der Waals surface area contributed by atoms with E-state index in [0.717, 1.165) is 23.2 Å². The fourth-order valence-electron chi connectivity index (χ4n) is 5.97. The second-order valence-corrected chi connectivity index (χ2v) is 11.1. The molecule has 214 valence electrons. The number of pyridine rings is 1. The van der Waals surface area contributed by atoms with Crippen LogP contribution in [0.1, 0.15) is 29.2 Å². The first kappa shape index (κ1) is 27.3. The lowest BCUT2D eigenvalue weighted by Gasteiger charge is -2.43. The number of anilines is 1. The SMILES string of the molecule is O=C(Nc1ccc(OCc2ccccc2)cc1)[C@H](Cc1ccccc1)NC(=O)N1C[C@@H]2C[C@H](C1)c1cccc(=O)n1C2. The summed E-state index contributed by atoms with van der Waals surface area (Å²) in [5.74, 6) is 0.706. The van der Waals surface area contributed by atoms with Crippen molar-refractivity contribution in [2.75, 3.05) is 18.4 Å². The smallest absolute Gasteiger partial charge is 0.318 e. The Kier molecular flexibility index (Phi) is 8.03. The molecule has 1 aromatic heterocycles. The van der Waals surface area contributed by atoms with Crippen molar-refractivity contribution in [2.45, 2.75) is 38.0 Å². The van der Waals surface area contributed by atoms with Gasteiger partial charge in [-0.05, 0) is 53.8 Å². The summed E-state index contributed by atoms with van der Waals surface area (Å²) in [4.78, 5) is 41.2. The maximum atomic E-state index is 13.5. The van der Waals surface area contributed by atoms with E-state index in [-0.39, 0.29) is 29.3 Å². The molecule has 3 heterocycles. The van der Waals surface area contributed by atoms with Crippen molar-refractivity contribution in [3.05, 3.63) is 130 Å². The summed E-state index contributed by atoms with van der Waals surface area (Å²) in [6.07, 6.45) is 1.31. The van der Waals surface area contributed by atoms with Crippen LogP contribution in [0.5, 0.6) is 5.75 Å². The summed E-state index contributed by atoms with van der Waals surface area (Å²) in [5, 5.41) is 5.98. The number of carbonyl (C=O) groups is 2. The van der Waals surface area contributed by atoms with Gasteiger partial charge < -0.3 is 24.8 Å². The van der Waals surface area contributed by atoms with Crippen molar-refractivity contribution in [1.82, 2.24) is 14.8 Å². The number of rotatable bonds is 8. The van der Waals surface area contributed by atoms with Gasteiger partial charge in [-0.2, -0.15) is 0 Å². The number of nitrogens with one attached hydrogen (secondary N) is 2. The maximum absolute atomic E-state index is 13.5. The number of hydrogen-bond donors (Lipinski definition) is 2. The van der Waals surface area contributed by atoms with Crippen molar-refractivity contribution in [3.8, 4) is 5.75 Å². The summed E-state index contributed by atoms with van der Waals surface area (Å²) < 4.78 is 7.71. The number of fused-ring (bicyclic) bond motifs is 4. The lowest BCUT2D eigenvalue weighted by atomic mass is 9.83. The van der Waals surface area contributed by atoms with Crippen LogP contribution in [0, 0.1) is 5.92 Å². The average Bonchev–Trinajstić information content (AvgIpc) is 3.02. The first-order valence-corrected chi connectivity index (χ1v) is 14.4. The minimum absolute atomic E-state index is 0.00971. The number of hydrogen-bond acceptors (Lipinski definition) is 4. The van der Waals surface area contributed by atoms with Gasteiger partial charge in [0.2, 0.25) is 5.91 Å². The third-order valence-corrected chi connectivity index (χ3v) is 8.03. The molecule has 2 N–H and O–H groups in total. The molecule has 8 nitrogen and oxygen atoms in total. The van der Waals surface area contributed by atoms with Gasteiger partial charge >= 0.3 is 6.03 Å². The molecule has 0 unspecified atom stereocenters.